The van der Waals surface area contributed by atoms with Gasteiger partial charge in [0.1, 0.15) is 23.6 Å². The molecular weight excluding hydrogens is 380 g/mol. The van der Waals surface area contributed by atoms with Crippen molar-refractivity contribution in [3.63, 3.8) is 0 Å². The molecule has 0 saturated carbocycles. The van der Waals surface area contributed by atoms with Gasteiger partial charge in [0.15, 0.2) is 0 Å². The van der Waals surface area contributed by atoms with E-state index in [2.05, 4.69) is 32.9 Å². The Morgan fingerprint density at radius 1 is 1.27 bits per heavy atom. The van der Waals surface area contributed by atoms with Crippen LogP contribution in [0.3, 0.4) is 0 Å². The molecule has 1 aromatic rings. The molecule has 3 aliphatic rings. The van der Waals surface area contributed by atoms with E-state index in [-0.39, 0.29) is 30.2 Å². The zero-order valence-electron chi connectivity index (χ0n) is 16.7. The number of allylic oxidation sites excluding steroid dienone is 3. The van der Waals surface area contributed by atoms with E-state index in [1.165, 1.54) is 0 Å². The molecule has 30 heavy (non-hydrogen) atoms. The van der Waals surface area contributed by atoms with Crippen LogP contribution in [0.4, 0.5) is 5.82 Å². The van der Waals surface area contributed by atoms with E-state index in [1.54, 1.807) is 18.3 Å². The van der Waals surface area contributed by atoms with Gasteiger partial charge in [-0.3, -0.25) is 9.59 Å². The molecule has 0 bridgehead atoms. The SMILES string of the molecule is C[C@H]1CN(C(=O)CCC2=NC(=O)C3C=CC=CC3=N2)CCN1c1ccc(C#N)cn1. The van der Waals surface area contributed by atoms with E-state index in [9.17, 15) is 9.59 Å². The molecule has 8 heteroatoms. The predicted octanol–water partition coefficient (Wildman–Crippen LogP) is 1.89. The van der Waals surface area contributed by atoms with Crippen molar-refractivity contribution >= 4 is 29.2 Å². The number of carbonyl (C=O) groups excluding carboxylic acids is 2. The molecule has 1 unspecified atom stereocenters. The van der Waals surface area contributed by atoms with Gasteiger partial charge in [-0.1, -0.05) is 18.2 Å². The van der Waals surface area contributed by atoms with Gasteiger partial charge in [0, 0.05) is 44.7 Å². The summed E-state index contributed by atoms with van der Waals surface area (Å²) in [4.78, 5) is 41.7. The number of nitrogens with zero attached hydrogens (tertiary/aromatic N) is 6. The molecule has 0 spiro atoms. The third kappa shape index (κ3) is 4.06. The summed E-state index contributed by atoms with van der Waals surface area (Å²) >= 11 is 0. The van der Waals surface area contributed by atoms with Crippen LogP contribution in [0.1, 0.15) is 25.3 Å². The highest BCUT2D eigenvalue weighted by molar-refractivity contribution is 6.21. The molecule has 2 amide bonds. The molecule has 0 N–H and O–H groups in total. The van der Waals surface area contributed by atoms with Crippen molar-refractivity contribution in [2.45, 2.75) is 25.8 Å². The zero-order valence-corrected chi connectivity index (χ0v) is 16.7. The molecule has 1 aromatic heterocycles. The van der Waals surface area contributed by atoms with Crippen LogP contribution >= 0.6 is 0 Å². The Bertz CT molecular complexity index is 1020. The minimum atomic E-state index is -0.390. The van der Waals surface area contributed by atoms with Gasteiger partial charge in [-0.2, -0.15) is 10.3 Å². The highest BCUT2D eigenvalue weighted by atomic mass is 16.2. The summed E-state index contributed by atoms with van der Waals surface area (Å²) < 4.78 is 0. The second-order valence-corrected chi connectivity index (χ2v) is 7.52. The van der Waals surface area contributed by atoms with E-state index in [4.69, 9.17) is 5.26 Å². The molecule has 2 aliphatic heterocycles. The maximum Gasteiger partial charge on any atom is 0.260 e. The Labute approximate surface area is 174 Å². The maximum atomic E-state index is 12.7. The number of nitriles is 1. The van der Waals surface area contributed by atoms with Crippen LogP contribution in [0, 0.1) is 17.2 Å². The summed E-state index contributed by atoms with van der Waals surface area (Å²) in [5.74, 6) is 0.655. The Morgan fingerprint density at radius 3 is 2.87 bits per heavy atom. The lowest BCUT2D eigenvalue weighted by Gasteiger charge is -2.40. The van der Waals surface area contributed by atoms with Crippen molar-refractivity contribution in [3.8, 4) is 6.07 Å². The first-order valence-corrected chi connectivity index (χ1v) is 10.0. The van der Waals surface area contributed by atoms with Crippen molar-refractivity contribution in [1.29, 1.82) is 5.26 Å². The number of amidine groups is 1. The van der Waals surface area contributed by atoms with Crippen LogP contribution in [-0.4, -0.2) is 58.9 Å². The highest BCUT2D eigenvalue weighted by Crippen LogP contribution is 2.20. The number of carbonyl (C=O) groups is 2. The van der Waals surface area contributed by atoms with Crippen molar-refractivity contribution in [2.75, 3.05) is 24.5 Å². The van der Waals surface area contributed by atoms with E-state index in [0.717, 1.165) is 5.82 Å². The lowest BCUT2D eigenvalue weighted by atomic mass is 9.96. The van der Waals surface area contributed by atoms with Gasteiger partial charge in [-0.25, -0.2) is 9.98 Å². The third-order valence-electron chi connectivity index (χ3n) is 5.48. The molecule has 152 valence electrons. The summed E-state index contributed by atoms with van der Waals surface area (Å²) in [7, 11) is 0. The van der Waals surface area contributed by atoms with Gasteiger partial charge in [-0.15, -0.1) is 0 Å². The topological polar surface area (TPSA) is 102 Å². The average molecular weight is 402 g/mol. The van der Waals surface area contributed by atoms with Crippen LogP contribution in [0.25, 0.3) is 0 Å². The number of amides is 2. The fourth-order valence-electron chi connectivity index (χ4n) is 3.85. The standard InChI is InChI=1S/C22H22N6O2/c1-15-14-27(10-11-28(15)20-8-6-16(12-23)13-24-20)21(29)9-7-19-25-18-5-3-2-4-17(18)22(30)26-19/h2-6,8,13,15,17H,7,9-11,14H2,1H3/t15-,17?/m0/s1. The van der Waals surface area contributed by atoms with Gasteiger partial charge in [0.2, 0.25) is 5.91 Å². The first-order chi connectivity index (χ1) is 14.5. The molecular formula is C22H22N6O2. The lowest BCUT2D eigenvalue weighted by molar-refractivity contribution is -0.131. The van der Waals surface area contributed by atoms with E-state index in [1.807, 2.05) is 29.2 Å². The molecule has 3 heterocycles. The highest BCUT2D eigenvalue weighted by Gasteiger charge is 2.29. The predicted molar refractivity (Wildman–Crippen MR) is 113 cm³/mol. The van der Waals surface area contributed by atoms with E-state index < -0.39 is 0 Å². The summed E-state index contributed by atoms with van der Waals surface area (Å²) in [6.07, 6.45) is 9.46. The Balaban J connectivity index is 1.32. The number of aliphatic imine (C=N–C) groups is 2. The maximum absolute atomic E-state index is 12.7. The Kier molecular flexibility index (Phi) is 5.53. The van der Waals surface area contributed by atoms with Crippen LogP contribution in [0.15, 0.2) is 52.6 Å². The largest absolute Gasteiger partial charge is 0.350 e. The van der Waals surface area contributed by atoms with Crippen LogP contribution in [0.5, 0.6) is 0 Å². The first-order valence-electron chi connectivity index (χ1n) is 10.0. The van der Waals surface area contributed by atoms with Gasteiger partial charge >= 0.3 is 0 Å². The molecule has 1 fully saturated rings. The summed E-state index contributed by atoms with van der Waals surface area (Å²) in [6, 6.07) is 5.77. The first kappa shape index (κ1) is 19.7. The number of rotatable bonds is 4. The molecule has 0 radical (unpaired) electrons. The fraction of sp³-hybridized carbons (Fsp3) is 0.364. The number of hydrogen-bond acceptors (Lipinski definition) is 6. The van der Waals surface area contributed by atoms with Crippen LogP contribution < -0.4 is 4.90 Å². The number of anilines is 1. The molecule has 1 saturated heterocycles. The lowest BCUT2D eigenvalue weighted by Crippen LogP contribution is -2.54. The fourth-order valence-corrected chi connectivity index (χ4v) is 3.85. The molecule has 2 atom stereocenters. The quantitative estimate of drug-likeness (QED) is 0.765. The minimum absolute atomic E-state index is 0.0332. The summed E-state index contributed by atoms with van der Waals surface area (Å²) in [5, 5.41) is 8.91. The minimum Gasteiger partial charge on any atom is -0.350 e. The zero-order chi connectivity index (χ0) is 21.1. The van der Waals surface area contributed by atoms with Crippen molar-refractivity contribution in [3.05, 3.63) is 48.2 Å². The summed E-state index contributed by atoms with van der Waals surface area (Å²) in [6.45, 7) is 3.92. The second kappa shape index (κ2) is 8.41. The second-order valence-electron chi connectivity index (χ2n) is 7.52. The van der Waals surface area contributed by atoms with Gasteiger partial charge in [0.05, 0.1) is 11.3 Å². The molecule has 8 nitrogen and oxygen atoms in total. The van der Waals surface area contributed by atoms with E-state index in [0.29, 0.717) is 43.2 Å². The number of aromatic nitrogens is 1. The van der Waals surface area contributed by atoms with Crippen molar-refractivity contribution < 1.29 is 9.59 Å². The molecule has 4 rings (SSSR count). The van der Waals surface area contributed by atoms with Crippen LogP contribution in [0.2, 0.25) is 0 Å². The van der Waals surface area contributed by atoms with Crippen molar-refractivity contribution in [2.24, 2.45) is 15.9 Å². The van der Waals surface area contributed by atoms with Gasteiger partial charge < -0.3 is 9.80 Å². The number of piperazine rings is 1. The van der Waals surface area contributed by atoms with Gasteiger partial charge in [0.25, 0.3) is 5.91 Å². The monoisotopic (exact) mass is 402 g/mol. The Morgan fingerprint density at radius 2 is 2.13 bits per heavy atom. The molecule has 0 aromatic carbocycles. The smallest absolute Gasteiger partial charge is 0.260 e. The summed E-state index contributed by atoms with van der Waals surface area (Å²) in [5.41, 5.74) is 1.22. The number of fused-ring (bicyclic) bond motifs is 1. The third-order valence-corrected chi connectivity index (χ3v) is 5.48. The number of pyridine rings is 1. The van der Waals surface area contributed by atoms with Gasteiger partial charge in [-0.05, 0) is 25.1 Å². The van der Waals surface area contributed by atoms with Crippen LogP contribution in [-0.2, 0) is 9.59 Å². The normalized spacial score (nSPS) is 22.9. The van der Waals surface area contributed by atoms with Crippen molar-refractivity contribution in [1.82, 2.24) is 9.88 Å². The number of hydrogen-bond donors (Lipinski definition) is 0. The Hall–Kier alpha value is -3.60. The van der Waals surface area contributed by atoms with E-state index >= 15 is 0 Å². The molecule has 1 aliphatic carbocycles. The average Bonchev–Trinajstić information content (AvgIpc) is 2.77.